The van der Waals surface area contributed by atoms with Crippen molar-refractivity contribution in [3.05, 3.63) is 35.1 Å². The second kappa shape index (κ2) is 6.17. The smallest absolute Gasteiger partial charge is 0.194 e. The summed E-state index contributed by atoms with van der Waals surface area (Å²) in [6.07, 6.45) is -0.0612. The van der Waals surface area contributed by atoms with Crippen LogP contribution in [0, 0.1) is 17.5 Å². The van der Waals surface area contributed by atoms with Crippen LogP contribution in [0.3, 0.4) is 0 Å². The van der Waals surface area contributed by atoms with Crippen molar-refractivity contribution >= 4 is 0 Å². The van der Waals surface area contributed by atoms with Crippen molar-refractivity contribution in [2.24, 2.45) is 0 Å². The van der Waals surface area contributed by atoms with E-state index in [0.717, 1.165) is 12.1 Å². The molecule has 1 N–H and O–H groups in total. The maximum Gasteiger partial charge on any atom is 0.194 e. The summed E-state index contributed by atoms with van der Waals surface area (Å²) < 4.78 is 49.2. The molecular weight excluding hydrogens is 247 g/mol. The van der Waals surface area contributed by atoms with Gasteiger partial charge in [-0.15, -0.1) is 0 Å². The van der Waals surface area contributed by atoms with Crippen LogP contribution in [0.5, 0.6) is 0 Å². The zero-order valence-electron chi connectivity index (χ0n) is 9.72. The minimum absolute atomic E-state index is 0.0612. The monoisotopic (exact) mass is 261 g/mol. The number of hydrogen-bond acceptors (Lipinski definition) is 3. The van der Waals surface area contributed by atoms with Gasteiger partial charge in [0.25, 0.3) is 0 Å². The first-order valence-corrected chi connectivity index (χ1v) is 5.70. The molecule has 1 unspecified atom stereocenters. The lowest BCUT2D eigenvalue weighted by molar-refractivity contribution is -0.0864. The van der Waals surface area contributed by atoms with Crippen LogP contribution in [-0.2, 0) is 16.0 Å². The Morgan fingerprint density at radius 3 is 2.50 bits per heavy atom. The summed E-state index contributed by atoms with van der Waals surface area (Å²) in [4.78, 5) is 0. The fourth-order valence-electron chi connectivity index (χ4n) is 1.74. The lowest BCUT2D eigenvalue weighted by atomic mass is 10.2. The predicted octanol–water partition coefficient (Wildman–Crippen LogP) is 1.61. The van der Waals surface area contributed by atoms with Gasteiger partial charge in [-0.3, -0.25) is 0 Å². The van der Waals surface area contributed by atoms with Crippen LogP contribution in [0.1, 0.15) is 5.56 Å². The van der Waals surface area contributed by atoms with Crippen LogP contribution in [0.4, 0.5) is 13.2 Å². The molecule has 0 spiro atoms. The van der Waals surface area contributed by atoms with Crippen LogP contribution in [-0.4, -0.2) is 32.5 Å². The fraction of sp³-hybridized carbons (Fsp3) is 0.500. The van der Waals surface area contributed by atoms with E-state index in [0.29, 0.717) is 31.9 Å². The van der Waals surface area contributed by atoms with Crippen LogP contribution in [0.15, 0.2) is 12.1 Å². The van der Waals surface area contributed by atoms with Crippen LogP contribution in [0.25, 0.3) is 0 Å². The topological polar surface area (TPSA) is 30.5 Å². The molecule has 0 bridgehead atoms. The average Bonchev–Trinajstić information content (AvgIpc) is 2.37. The molecule has 1 saturated heterocycles. The largest absolute Gasteiger partial charge is 0.376 e. The summed E-state index contributed by atoms with van der Waals surface area (Å²) in [5.74, 6) is -3.80. The number of nitrogens with one attached hydrogen (secondary N) is 1. The number of ether oxygens (including phenoxy) is 2. The Hall–Kier alpha value is -1.11. The zero-order valence-corrected chi connectivity index (χ0v) is 9.72. The Labute approximate surface area is 103 Å². The van der Waals surface area contributed by atoms with Gasteiger partial charge in [-0.1, -0.05) is 0 Å². The van der Waals surface area contributed by atoms with E-state index in [9.17, 15) is 13.2 Å². The first-order chi connectivity index (χ1) is 8.66. The van der Waals surface area contributed by atoms with Crippen molar-refractivity contribution in [1.29, 1.82) is 0 Å². The van der Waals surface area contributed by atoms with E-state index in [1.807, 2.05) is 0 Å². The molecule has 1 aromatic carbocycles. The molecule has 1 heterocycles. The van der Waals surface area contributed by atoms with Gasteiger partial charge in [-0.05, 0) is 17.7 Å². The highest BCUT2D eigenvalue weighted by atomic mass is 19.2. The Morgan fingerprint density at radius 2 is 1.89 bits per heavy atom. The second-order valence-corrected chi connectivity index (χ2v) is 4.07. The van der Waals surface area contributed by atoms with Crippen molar-refractivity contribution in [3.8, 4) is 0 Å². The lowest BCUT2D eigenvalue weighted by Gasteiger charge is -2.23. The van der Waals surface area contributed by atoms with Crippen molar-refractivity contribution < 1.29 is 22.6 Å². The molecule has 3 nitrogen and oxygen atoms in total. The Morgan fingerprint density at radius 1 is 1.17 bits per heavy atom. The minimum Gasteiger partial charge on any atom is -0.376 e. The van der Waals surface area contributed by atoms with Gasteiger partial charge in [0, 0.05) is 13.1 Å². The van der Waals surface area contributed by atoms with E-state index in [4.69, 9.17) is 9.47 Å². The van der Waals surface area contributed by atoms with E-state index < -0.39 is 17.5 Å². The molecule has 2 rings (SSSR count). The SMILES string of the molecule is Fc1cc(CNCC2COCCO2)cc(F)c1F. The first kappa shape index (κ1) is 13.3. The van der Waals surface area contributed by atoms with E-state index in [2.05, 4.69) is 5.32 Å². The van der Waals surface area contributed by atoms with E-state index in [1.165, 1.54) is 0 Å². The van der Waals surface area contributed by atoms with Crippen LogP contribution >= 0.6 is 0 Å². The van der Waals surface area contributed by atoms with Gasteiger partial charge in [-0.2, -0.15) is 0 Å². The normalized spacial score (nSPS) is 20.1. The van der Waals surface area contributed by atoms with Crippen molar-refractivity contribution in [2.45, 2.75) is 12.6 Å². The Balaban J connectivity index is 1.82. The Kier molecular flexibility index (Phi) is 4.57. The van der Waals surface area contributed by atoms with E-state index in [1.54, 1.807) is 0 Å². The number of halogens is 3. The molecule has 1 aliphatic heterocycles. The van der Waals surface area contributed by atoms with Gasteiger partial charge in [-0.25, -0.2) is 13.2 Å². The molecule has 0 aromatic heterocycles. The van der Waals surface area contributed by atoms with Gasteiger partial charge >= 0.3 is 0 Å². The maximum absolute atomic E-state index is 12.9. The number of hydrogen-bond donors (Lipinski definition) is 1. The van der Waals surface area contributed by atoms with E-state index in [-0.39, 0.29) is 12.6 Å². The predicted molar refractivity (Wildman–Crippen MR) is 58.6 cm³/mol. The fourth-order valence-corrected chi connectivity index (χ4v) is 1.74. The highest BCUT2D eigenvalue weighted by molar-refractivity contribution is 5.19. The third-order valence-corrected chi connectivity index (χ3v) is 2.63. The Bertz CT molecular complexity index is 385. The quantitative estimate of drug-likeness (QED) is 0.835. The molecule has 0 radical (unpaired) electrons. The van der Waals surface area contributed by atoms with Gasteiger partial charge in [0.15, 0.2) is 17.5 Å². The first-order valence-electron chi connectivity index (χ1n) is 5.70. The second-order valence-electron chi connectivity index (χ2n) is 4.07. The number of benzene rings is 1. The van der Waals surface area contributed by atoms with Crippen LogP contribution in [0.2, 0.25) is 0 Å². The molecule has 1 fully saturated rings. The molecule has 1 aromatic rings. The maximum atomic E-state index is 12.9. The van der Waals surface area contributed by atoms with Gasteiger partial charge in [0.05, 0.1) is 25.9 Å². The van der Waals surface area contributed by atoms with Gasteiger partial charge < -0.3 is 14.8 Å². The summed E-state index contributed by atoms with van der Waals surface area (Å²) in [5.41, 5.74) is 0.350. The molecule has 0 saturated carbocycles. The van der Waals surface area contributed by atoms with Crippen LogP contribution < -0.4 is 5.32 Å². The van der Waals surface area contributed by atoms with Crippen molar-refractivity contribution in [3.63, 3.8) is 0 Å². The molecule has 18 heavy (non-hydrogen) atoms. The van der Waals surface area contributed by atoms with Gasteiger partial charge in [0.1, 0.15) is 0 Å². The standard InChI is InChI=1S/C12H14F3NO2/c13-10-3-8(4-11(14)12(10)15)5-16-6-9-7-17-1-2-18-9/h3-4,9,16H,1-2,5-7H2. The molecule has 1 atom stereocenters. The molecule has 0 amide bonds. The highest BCUT2D eigenvalue weighted by Gasteiger charge is 2.14. The average molecular weight is 261 g/mol. The molecule has 100 valence electrons. The summed E-state index contributed by atoms with van der Waals surface area (Å²) in [6.45, 7) is 2.39. The van der Waals surface area contributed by atoms with E-state index >= 15 is 0 Å². The zero-order chi connectivity index (χ0) is 13.0. The third-order valence-electron chi connectivity index (χ3n) is 2.63. The summed E-state index contributed by atoms with van der Waals surface area (Å²) >= 11 is 0. The third kappa shape index (κ3) is 3.44. The lowest BCUT2D eigenvalue weighted by Crippen LogP contribution is -2.37. The van der Waals surface area contributed by atoms with Gasteiger partial charge in [0.2, 0.25) is 0 Å². The minimum atomic E-state index is -1.44. The molecular formula is C12H14F3NO2. The summed E-state index contributed by atoms with van der Waals surface area (Å²) in [5, 5.41) is 2.98. The molecule has 1 aliphatic rings. The number of rotatable bonds is 4. The summed E-state index contributed by atoms with van der Waals surface area (Å²) in [7, 11) is 0. The van der Waals surface area contributed by atoms with Crippen molar-refractivity contribution in [2.75, 3.05) is 26.4 Å². The van der Waals surface area contributed by atoms with Crippen molar-refractivity contribution in [1.82, 2.24) is 5.32 Å². The summed E-state index contributed by atoms with van der Waals surface area (Å²) in [6, 6.07) is 1.95. The molecule has 0 aliphatic carbocycles. The highest BCUT2D eigenvalue weighted by Crippen LogP contribution is 2.13. The molecule has 6 heteroatoms.